The van der Waals surface area contributed by atoms with Crippen molar-refractivity contribution < 1.29 is 94.5 Å². The minimum absolute atomic E-state index is 0.0509. The van der Waals surface area contributed by atoms with Gasteiger partial charge >= 0.3 is 0 Å². The van der Waals surface area contributed by atoms with Gasteiger partial charge in [-0.2, -0.15) is 0 Å². The zero-order chi connectivity index (χ0) is 38.5. The molecule has 3 aromatic rings. The summed E-state index contributed by atoms with van der Waals surface area (Å²) in [5.74, 6) is -1.67. The normalized spacial score (nSPS) is 37.8. The standard InChI is InChI=1S/C33H40O20/c34-7-16-23(41)27(45)31(53-33-29(47)26(44)22(40)18(9-36)52-33)30(49-16)20-15(50-32-28(46)25(43)21(39)17(8-35)51-32)6-14-19(24(20)42)12(38)5-13(48-14)10-1-3-11(37)4-2-10/h1-6,16-18,21-23,25-37,39-47H,7-9H2/t16-,17-,18-,21-,22-,23-,25+,26+,27+,28-,29-,30+,31-,32-,33+/m1/s1. The van der Waals surface area contributed by atoms with Crippen LogP contribution < -0.4 is 10.2 Å². The van der Waals surface area contributed by atoms with Gasteiger partial charge in [0, 0.05) is 17.7 Å². The van der Waals surface area contributed by atoms with Crippen molar-refractivity contribution in [3.63, 3.8) is 0 Å². The highest BCUT2D eigenvalue weighted by atomic mass is 16.7. The van der Waals surface area contributed by atoms with Crippen molar-refractivity contribution in [3.8, 4) is 28.6 Å². The van der Waals surface area contributed by atoms with E-state index in [2.05, 4.69) is 0 Å². The Morgan fingerprint density at radius 2 is 1.15 bits per heavy atom. The molecule has 1 aromatic heterocycles. The van der Waals surface area contributed by atoms with Gasteiger partial charge in [0.1, 0.15) is 113 Å². The number of aliphatic hydroxyl groups is 11. The zero-order valence-corrected chi connectivity index (χ0v) is 27.4. The number of aromatic hydroxyl groups is 2. The van der Waals surface area contributed by atoms with Crippen LogP contribution in [0.5, 0.6) is 17.2 Å². The van der Waals surface area contributed by atoms with Crippen LogP contribution in [0.1, 0.15) is 11.7 Å². The molecule has 0 spiro atoms. The first-order valence-electron chi connectivity index (χ1n) is 16.4. The van der Waals surface area contributed by atoms with Gasteiger partial charge in [0.15, 0.2) is 11.7 Å². The van der Waals surface area contributed by atoms with Gasteiger partial charge in [-0.3, -0.25) is 4.79 Å². The maximum atomic E-state index is 13.6. The number of fused-ring (bicyclic) bond motifs is 1. The Bertz CT molecular complexity index is 1780. The second kappa shape index (κ2) is 15.7. The number of hydrogen-bond donors (Lipinski definition) is 13. The average molecular weight is 757 g/mol. The van der Waals surface area contributed by atoms with Gasteiger partial charge in [-0.15, -0.1) is 0 Å². The van der Waals surface area contributed by atoms with Gasteiger partial charge in [0.05, 0.1) is 25.4 Å². The summed E-state index contributed by atoms with van der Waals surface area (Å²) in [6.45, 7) is -2.65. The van der Waals surface area contributed by atoms with Gasteiger partial charge in [0.2, 0.25) is 6.29 Å². The highest BCUT2D eigenvalue weighted by molar-refractivity contribution is 5.88. The molecule has 0 amide bonds. The SMILES string of the molecule is O=c1cc(-c2ccc(O)cc2)oc2cc(O[C@@H]3O[C@H](CO)[C@@H](O)[C@H](O)[C@H]3O)c([C@@H]3O[C@H](CO)[C@@H](O)[C@H](O)[C@H]3O[C@@H]3O[C@H](CO)[C@@H](O)[C@H](O)[C@H]3O)c(O)c12. The summed E-state index contributed by atoms with van der Waals surface area (Å²) in [4.78, 5) is 13.6. The first-order chi connectivity index (χ1) is 25.2. The van der Waals surface area contributed by atoms with E-state index in [-0.39, 0.29) is 17.1 Å². The molecule has 292 valence electrons. The third kappa shape index (κ3) is 7.21. The predicted octanol–water partition coefficient (Wildman–Crippen LogP) is -4.61. The van der Waals surface area contributed by atoms with Crippen molar-refractivity contribution in [2.45, 2.75) is 91.9 Å². The lowest BCUT2D eigenvalue weighted by molar-refractivity contribution is -0.342. The molecular formula is C33H40O20. The Morgan fingerprint density at radius 1 is 0.623 bits per heavy atom. The molecule has 6 rings (SSSR count). The van der Waals surface area contributed by atoms with Gasteiger partial charge in [-0.05, 0) is 24.3 Å². The zero-order valence-electron chi connectivity index (χ0n) is 27.4. The van der Waals surface area contributed by atoms with Crippen LogP contribution in [0, 0.1) is 0 Å². The van der Waals surface area contributed by atoms with E-state index in [1.54, 1.807) is 0 Å². The summed E-state index contributed by atoms with van der Waals surface area (Å²) >= 11 is 0. The Kier molecular flexibility index (Phi) is 11.6. The second-order valence-corrected chi connectivity index (χ2v) is 12.9. The molecule has 3 aliphatic heterocycles. The van der Waals surface area contributed by atoms with Crippen LogP contribution in [-0.4, -0.2) is 172 Å². The number of benzene rings is 2. The van der Waals surface area contributed by atoms with E-state index in [0.29, 0.717) is 5.56 Å². The maximum Gasteiger partial charge on any atom is 0.229 e. The minimum atomic E-state index is -2.07. The third-order valence-corrected chi connectivity index (χ3v) is 9.53. The van der Waals surface area contributed by atoms with Gasteiger partial charge in [-0.1, -0.05) is 0 Å². The van der Waals surface area contributed by atoms with Crippen molar-refractivity contribution in [1.29, 1.82) is 0 Å². The molecule has 15 atom stereocenters. The number of rotatable bonds is 9. The minimum Gasteiger partial charge on any atom is -0.508 e. The molecule has 4 heterocycles. The van der Waals surface area contributed by atoms with E-state index in [0.717, 1.165) is 12.1 Å². The van der Waals surface area contributed by atoms with Crippen molar-refractivity contribution in [2.24, 2.45) is 0 Å². The number of phenols is 2. The lowest BCUT2D eigenvalue weighted by atomic mass is 9.89. The Hall–Kier alpha value is -3.55. The maximum absolute atomic E-state index is 13.6. The van der Waals surface area contributed by atoms with Crippen LogP contribution in [0.4, 0.5) is 0 Å². The first-order valence-corrected chi connectivity index (χ1v) is 16.4. The van der Waals surface area contributed by atoms with Crippen LogP contribution in [0.15, 0.2) is 45.6 Å². The van der Waals surface area contributed by atoms with E-state index in [9.17, 15) is 71.2 Å². The largest absolute Gasteiger partial charge is 0.508 e. The Morgan fingerprint density at radius 3 is 1.74 bits per heavy atom. The fourth-order valence-electron chi connectivity index (χ4n) is 6.53. The highest BCUT2D eigenvalue weighted by Crippen LogP contribution is 2.47. The molecule has 0 unspecified atom stereocenters. The molecule has 0 saturated carbocycles. The molecule has 53 heavy (non-hydrogen) atoms. The molecular weight excluding hydrogens is 716 g/mol. The highest BCUT2D eigenvalue weighted by Gasteiger charge is 2.53. The third-order valence-electron chi connectivity index (χ3n) is 9.53. The van der Waals surface area contributed by atoms with E-state index >= 15 is 0 Å². The number of ether oxygens (including phenoxy) is 5. The van der Waals surface area contributed by atoms with Crippen LogP contribution in [0.25, 0.3) is 22.3 Å². The molecule has 13 N–H and O–H groups in total. The molecule has 3 fully saturated rings. The van der Waals surface area contributed by atoms with Crippen molar-refractivity contribution >= 4 is 11.0 Å². The summed E-state index contributed by atoms with van der Waals surface area (Å²) in [6, 6.07) is 7.53. The van der Waals surface area contributed by atoms with E-state index in [4.69, 9.17) is 28.1 Å². The average Bonchev–Trinajstić information content (AvgIpc) is 3.14. The van der Waals surface area contributed by atoms with E-state index in [1.807, 2.05) is 0 Å². The molecule has 0 radical (unpaired) electrons. The smallest absolute Gasteiger partial charge is 0.229 e. The van der Waals surface area contributed by atoms with Crippen LogP contribution in [0.2, 0.25) is 0 Å². The summed E-state index contributed by atoms with van der Waals surface area (Å²) in [6.07, 6.45) is -27.9. The topological polar surface area (TPSA) is 339 Å². The fourth-order valence-corrected chi connectivity index (χ4v) is 6.53. The van der Waals surface area contributed by atoms with E-state index < -0.39 is 140 Å². The Labute approximate surface area is 298 Å². The van der Waals surface area contributed by atoms with Gasteiger partial charge < -0.3 is 94.5 Å². The molecule has 0 bridgehead atoms. The van der Waals surface area contributed by atoms with Crippen LogP contribution >= 0.6 is 0 Å². The quantitative estimate of drug-likeness (QED) is 0.0976. The molecule has 0 aliphatic carbocycles. The summed E-state index contributed by atoms with van der Waals surface area (Å²) in [7, 11) is 0. The van der Waals surface area contributed by atoms with Gasteiger partial charge in [-0.25, -0.2) is 0 Å². The molecule has 20 nitrogen and oxygen atoms in total. The van der Waals surface area contributed by atoms with Crippen molar-refractivity contribution in [2.75, 3.05) is 19.8 Å². The molecule has 20 heteroatoms. The molecule has 3 aliphatic rings. The first kappa shape index (κ1) is 39.2. The van der Waals surface area contributed by atoms with Gasteiger partial charge in [0.25, 0.3) is 0 Å². The second-order valence-electron chi connectivity index (χ2n) is 12.9. The monoisotopic (exact) mass is 756 g/mol. The summed E-state index contributed by atoms with van der Waals surface area (Å²) in [5.41, 5.74) is -1.48. The van der Waals surface area contributed by atoms with E-state index in [1.165, 1.54) is 24.3 Å². The Balaban J connectivity index is 1.52. The van der Waals surface area contributed by atoms with Crippen molar-refractivity contribution in [3.05, 3.63) is 52.2 Å². The van der Waals surface area contributed by atoms with Crippen LogP contribution in [0.3, 0.4) is 0 Å². The predicted molar refractivity (Wildman–Crippen MR) is 171 cm³/mol. The summed E-state index contributed by atoms with van der Waals surface area (Å²) < 4.78 is 34.4. The van der Waals surface area contributed by atoms with Crippen molar-refractivity contribution in [1.82, 2.24) is 0 Å². The number of aliphatic hydroxyl groups excluding tert-OH is 11. The molecule has 2 aromatic carbocycles. The molecule has 3 saturated heterocycles. The fraction of sp³-hybridized carbons (Fsp3) is 0.545. The lowest BCUT2D eigenvalue weighted by Crippen LogP contribution is -2.62. The summed E-state index contributed by atoms with van der Waals surface area (Å²) in [5, 5.41) is 136. The lowest BCUT2D eigenvalue weighted by Gasteiger charge is -2.46. The van der Waals surface area contributed by atoms with Crippen LogP contribution in [-0.2, 0) is 18.9 Å². The number of phenolic OH excluding ortho intramolecular Hbond substituents is 2. The number of hydrogen-bond acceptors (Lipinski definition) is 20.